The Hall–Kier alpha value is -1.49. The van der Waals surface area contributed by atoms with Crippen LogP contribution in [0, 0.1) is 11.6 Å². The van der Waals surface area contributed by atoms with Crippen molar-refractivity contribution in [2.24, 2.45) is 5.84 Å². The molecular weight excluding hydrogens is 282 g/mol. The van der Waals surface area contributed by atoms with Gasteiger partial charge < -0.3 is 0 Å². The smallest absolute Gasteiger partial charge is 0.129 e. The van der Waals surface area contributed by atoms with Crippen LogP contribution in [0.25, 0.3) is 0 Å². The molecule has 2 aromatic carbocycles. The first-order valence-corrected chi connectivity index (χ1v) is 6.62. The van der Waals surface area contributed by atoms with Gasteiger partial charge in [-0.1, -0.05) is 35.9 Å². The standard InChI is InChI=1S/C15H15ClF2N2/c16-13-5-2-1-4-10(13)8-11(20-19)9-12-14(17)6-3-7-15(12)18/h1-7,11,20H,8-9,19H2. The molecule has 0 bridgehead atoms. The summed E-state index contributed by atoms with van der Waals surface area (Å²) in [6.45, 7) is 0. The molecule has 0 amide bonds. The van der Waals surface area contributed by atoms with Crippen LogP contribution in [0.4, 0.5) is 8.78 Å². The van der Waals surface area contributed by atoms with Gasteiger partial charge in [0, 0.05) is 16.6 Å². The van der Waals surface area contributed by atoms with Gasteiger partial charge in [-0.3, -0.25) is 11.3 Å². The molecule has 0 heterocycles. The predicted octanol–water partition coefficient (Wildman–Crippen LogP) is 3.24. The van der Waals surface area contributed by atoms with Crippen LogP contribution in [0.3, 0.4) is 0 Å². The lowest BCUT2D eigenvalue weighted by atomic mass is 9.99. The molecule has 2 rings (SSSR count). The van der Waals surface area contributed by atoms with Gasteiger partial charge in [-0.2, -0.15) is 0 Å². The van der Waals surface area contributed by atoms with Gasteiger partial charge in [-0.05, 0) is 36.6 Å². The van der Waals surface area contributed by atoms with Crippen LogP contribution in [0.15, 0.2) is 42.5 Å². The van der Waals surface area contributed by atoms with E-state index in [1.54, 1.807) is 6.07 Å². The van der Waals surface area contributed by atoms with Crippen LogP contribution < -0.4 is 11.3 Å². The van der Waals surface area contributed by atoms with Crippen molar-refractivity contribution in [2.45, 2.75) is 18.9 Å². The Bertz CT molecular complexity index is 570. The molecule has 20 heavy (non-hydrogen) atoms. The highest BCUT2D eigenvalue weighted by Gasteiger charge is 2.16. The molecule has 0 saturated heterocycles. The van der Waals surface area contributed by atoms with E-state index in [1.807, 2.05) is 18.2 Å². The van der Waals surface area contributed by atoms with Gasteiger partial charge in [-0.25, -0.2) is 8.78 Å². The number of nitrogens with one attached hydrogen (secondary N) is 1. The molecular formula is C15H15ClF2N2. The van der Waals surface area contributed by atoms with Crippen molar-refractivity contribution in [3.05, 3.63) is 70.2 Å². The van der Waals surface area contributed by atoms with Crippen LogP contribution >= 0.6 is 11.6 Å². The lowest BCUT2D eigenvalue weighted by Crippen LogP contribution is -2.39. The van der Waals surface area contributed by atoms with E-state index in [0.717, 1.165) is 5.56 Å². The molecule has 0 aliphatic rings. The molecule has 0 aliphatic heterocycles. The summed E-state index contributed by atoms with van der Waals surface area (Å²) in [4.78, 5) is 0. The van der Waals surface area contributed by atoms with Gasteiger partial charge in [-0.15, -0.1) is 0 Å². The Labute approximate surface area is 121 Å². The summed E-state index contributed by atoms with van der Waals surface area (Å²) in [7, 11) is 0. The third kappa shape index (κ3) is 3.54. The molecule has 106 valence electrons. The Morgan fingerprint density at radius 3 is 2.25 bits per heavy atom. The number of nitrogens with two attached hydrogens (primary N) is 1. The molecule has 0 aromatic heterocycles. The first kappa shape index (κ1) is 14.9. The van der Waals surface area contributed by atoms with Crippen LogP contribution in [-0.2, 0) is 12.8 Å². The molecule has 5 heteroatoms. The summed E-state index contributed by atoms with van der Waals surface area (Å²) in [6.07, 6.45) is 0.643. The third-order valence-corrected chi connectivity index (χ3v) is 3.54. The topological polar surface area (TPSA) is 38.0 Å². The zero-order valence-corrected chi connectivity index (χ0v) is 11.5. The second-order valence-electron chi connectivity index (χ2n) is 4.56. The maximum Gasteiger partial charge on any atom is 0.129 e. The van der Waals surface area contributed by atoms with E-state index in [4.69, 9.17) is 17.4 Å². The summed E-state index contributed by atoms with van der Waals surface area (Å²) in [6, 6.07) is 10.8. The van der Waals surface area contributed by atoms with Crippen LogP contribution in [0.2, 0.25) is 5.02 Å². The number of hydrogen-bond donors (Lipinski definition) is 2. The van der Waals surface area contributed by atoms with Gasteiger partial charge in [0.1, 0.15) is 11.6 Å². The first-order valence-electron chi connectivity index (χ1n) is 6.24. The van der Waals surface area contributed by atoms with Crippen molar-refractivity contribution in [2.75, 3.05) is 0 Å². The van der Waals surface area contributed by atoms with E-state index in [-0.39, 0.29) is 18.0 Å². The summed E-state index contributed by atoms with van der Waals surface area (Å²) < 4.78 is 27.3. The molecule has 0 saturated carbocycles. The zero-order valence-electron chi connectivity index (χ0n) is 10.7. The van der Waals surface area contributed by atoms with Crippen molar-refractivity contribution in [3.8, 4) is 0 Å². The number of rotatable bonds is 5. The molecule has 1 unspecified atom stereocenters. The van der Waals surface area contributed by atoms with E-state index in [0.29, 0.717) is 11.4 Å². The first-order chi connectivity index (χ1) is 9.61. The second kappa shape index (κ2) is 6.79. The number of halogens is 3. The number of hydrazine groups is 1. The minimum atomic E-state index is -0.565. The van der Waals surface area contributed by atoms with Crippen molar-refractivity contribution < 1.29 is 8.78 Å². The monoisotopic (exact) mass is 296 g/mol. The average Bonchev–Trinajstić information content (AvgIpc) is 2.44. The normalized spacial score (nSPS) is 12.4. The lowest BCUT2D eigenvalue weighted by molar-refractivity contribution is 0.484. The quantitative estimate of drug-likeness (QED) is 0.657. The molecule has 0 fully saturated rings. The maximum atomic E-state index is 13.6. The molecule has 2 aromatic rings. The molecule has 0 spiro atoms. The SMILES string of the molecule is NNC(Cc1ccccc1Cl)Cc1c(F)cccc1F. The minimum Gasteiger partial charge on any atom is -0.271 e. The Kier molecular flexibility index (Phi) is 5.06. The fourth-order valence-corrected chi connectivity index (χ4v) is 2.31. The summed E-state index contributed by atoms with van der Waals surface area (Å²) in [5.74, 6) is 4.35. The van der Waals surface area contributed by atoms with Gasteiger partial charge in [0.05, 0.1) is 0 Å². The van der Waals surface area contributed by atoms with Crippen molar-refractivity contribution in [1.29, 1.82) is 0 Å². The molecule has 0 radical (unpaired) electrons. The summed E-state index contributed by atoms with van der Waals surface area (Å²) in [5, 5.41) is 0.613. The lowest BCUT2D eigenvalue weighted by Gasteiger charge is -2.17. The second-order valence-corrected chi connectivity index (χ2v) is 4.97. The van der Waals surface area contributed by atoms with E-state index in [9.17, 15) is 8.78 Å². The minimum absolute atomic E-state index is 0.0301. The van der Waals surface area contributed by atoms with Gasteiger partial charge >= 0.3 is 0 Å². The largest absolute Gasteiger partial charge is 0.271 e. The molecule has 2 nitrogen and oxygen atoms in total. The Morgan fingerprint density at radius 2 is 1.65 bits per heavy atom. The number of hydrogen-bond acceptors (Lipinski definition) is 2. The highest BCUT2D eigenvalue weighted by atomic mass is 35.5. The third-order valence-electron chi connectivity index (χ3n) is 3.17. The predicted molar refractivity (Wildman–Crippen MR) is 76.3 cm³/mol. The van der Waals surface area contributed by atoms with Crippen molar-refractivity contribution in [3.63, 3.8) is 0 Å². The fourth-order valence-electron chi connectivity index (χ4n) is 2.09. The molecule has 0 aliphatic carbocycles. The Morgan fingerprint density at radius 1 is 1.00 bits per heavy atom. The number of benzene rings is 2. The average molecular weight is 297 g/mol. The highest BCUT2D eigenvalue weighted by molar-refractivity contribution is 6.31. The Balaban J connectivity index is 2.16. The van der Waals surface area contributed by atoms with Gasteiger partial charge in [0.15, 0.2) is 0 Å². The summed E-state index contributed by atoms with van der Waals surface area (Å²) >= 11 is 6.07. The zero-order chi connectivity index (χ0) is 14.5. The van der Waals surface area contributed by atoms with Crippen molar-refractivity contribution >= 4 is 11.6 Å². The fraction of sp³-hybridized carbons (Fsp3) is 0.200. The summed E-state index contributed by atoms with van der Waals surface area (Å²) in [5.41, 5.74) is 3.50. The van der Waals surface area contributed by atoms with E-state index in [2.05, 4.69) is 5.43 Å². The van der Waals surface area contributed by atoms with Gasteiger partial charge in [0.2, 0.25) is 0 Å². The van der Waals surface area contributed by atoms with Crippen LogP contribution in [-0.4, -0.2) is 6.04 Å². The maximum absolute atomic E-state index is 13.6. The van der Waals surface area contributed by atoms with E-state index < -0.39 is 11.6 Å². The van der Waals surface area contributed by atoms with Crippen LogP contribution in [0.1, 0.15) is 11.1 Å². The van der Waals surface area contributed by atoms with Gasteiger partial charge in [0.25, 0.3) is 0 Å². The molecule has 3 N–H and O–H groups in total. The van der Waals surface area contributed by atoms with E-state index >= 15 is 0 Å². The van der Waals surface area contributed by atoms with E-state index in [1.165, 1.54) is 18.2 Å². The van der Waals surface area contributed by atoms with Crippen molar-refractivity contribution in [1.82, 2.24) is 5.43 Å². The molecule has 1 atom stereocenters. The highest BCUT2D eigenvalue weighted by Crippen LogP contribution is 2.19. The van der Waals surface area contributed by atoms with Crippen LogP contribution in [0.5, 0.6) is 0 Å².